The van der Waals surface area contributed by atoms with Crippen molar-refractivity contribution in [3.8, 4) is 0 Å². The van der Waals surface area contributed by atoms with Crippen LogP contribution in [0.25, 0.3) is 0 Å². The SMILES string of the molecule is CCc1nnc(N2CC(C)OC(CCl)C2)nc1CC. The Bertz CT molecular complexity index is 429. The van der Waals surface area contributed by atoms with Crippen LogP contribution in [0.15, 0.2) is 0 Å². The molecule has 0 spiro atoms. The number of morpholine rings is 1. The number of rotatable bonds is 4. The lowest BCUT2D eigenvalue weighted by Gasteiger charge is -2.35. The van der Waals surface area contributed by atoms with Crippen LogP contribution in [-0.2, 0) is 17.6 Å². The Kier molecular flexibility index (Phi) is 4.93. The highest BCUT2D eigenvalue weighted by Gasteiger charge is 2.26. The predicted octanol–water partition coefficient (Wildman–Crippen LogP) is 1.83. The maximum atomic E-state index is 5.90. The van der Waals surface area contributed by atoms with Gasteiger partial charge in [-0.15, -0.1) is 16.7 Å². The second kappa shape index (κ2) is 6.48. The first-order valence-electron chi connectivity index (χ1n) is 6.86. The molecule has 0 radical (unpaired) electrons. The van der Waals surface area contributed by atoms with Gasteiger partial charge >= 0.3 is 0 Å². The molecule has 0 aromatic carbocycles. The monoisotopic (exact) mass is 284 g/mol. The molecular formula is C13H21ClN4O. The van der Waals surface area contributed by atoms with Gasteiger partial charge in [-0.05, 0) is 19.8 Å². The normalized spacial score (nSPS) is 23.7. The molecular weight excluding hydrogens is 264 g/mol. The summed E-state index contributed by atoms with van der Waals surface area (Å²) >= 11 is 5.90. The quantitative estimate of drug-likeness (QED) is 0.790. The summed E-state index contributed by atoms with van der Waals surface area (Å²) in [6, 6.07) is 0. The number of nitrogens with zero attached hydrogens (tertiary/aromatic N) is 4. The van der Waals surface area contributed by atoms with E-state index >= 15 is 0 Å². The number of hydrogen-bond acceptors (Lipinski definition) is 5. The highest BCUT2D eigenvalue weighted by molar-refractivity contribution is 6.18. The van der Waals surface area contributed by atoms with Crippen molar-refractivity contribution in [2.45, 2.75) is 45.8 Å². The van der Waals surface area contributed by atoms with E-state index in [0.29, 0.717) is 11.8 Å². The highest BCUT2D eigenvalue weighted by atomic mass is 35.5. The summed E-state index contributed by atoms with van der Waals surface area (Å²) in [7, 11) is 0. The van der Waals surface area contributed by atoms with Crippen molar-refractivity contribution >= 4 is 17.5 Å². The second-order valence-corrected chi connectivity index (χ2v) is 5.15. The number of anilines is 1. The molecule has 1 fully saturated rings. The van der Waals surface area contributed by atoms with Crippen LogP contribution in [0.3, 0.4) is 0 Å². The maximum Gasteiger partial charge on any atom is 0.245 e. The van der Waals surface area contributed by atoms with Crippen LogP contribution in [0.5, 0.6) is 0 Å². The Hall–Kier alpha value is -0.940. The largest absolute Gasteiger partial charge is 0.370 e. The molecule has 0 bridgehead atoms. The third kappa shape index (κ3) is 3.34. The van der Waals surface area contributed by atoms with Crippen molar-refractivity contribution in [3.05, 3.63) is 11.4 Å². The van der Waals surface area contributed by atoms with E-state index < -0.39 is 0 Å². The summed E-state index contributed by atoms with van der Waals surface area (Å²) in [5.74, 6) is 1.18. The maximum absolute atomic E-state index is 5.90. The van der Waals surface area contributed by atoms with E-state index in [0.717, 1.165) is 37.3 Å². The number of ether oxygens (including phenoxy) is 1. The molecule has 1 aliphatic rings. The van der Waals surface area contributed by atoms with Gasteiger partial charge in [0.2, 0.25) is 5.95 Å². The van der Waals surface area contributed by atoms with E-state index in [4.69, 9.17) is 16.3 Å². The number of halogens is 1. The van der Waals surface area contributed by atoms with Crippen LogP contribution in [0.1, 0.15) is 32.2 Å². The molecule has 2 unspecified atom stereocenters. The molecule has 1 aliphatic heterocycles. The minimum atomic E-state index is 0.0324. The van der Waals surface area contributed by atoms with E-state index in [1.54, 1.807) is 0 Å². The lowest BCUT2D eigenvalue weighted by atomic mass is 10.2. The standard InChI is InChI=1S/C13H21ClN4O/c1-4-11-12(5-2)16-17-13(15-11)18-7-9(3)19-10(6-14)8-18/h9-10H,4-8H2,1-3H3. The summed E-state index contributed by atoms with van der Waals surface area (Å²) in [6.07, 6.45) is 1.92. The predicted molar refractivity (Wildman–Crippen MR) is 75.9 cm³/mol. The van der Waals surface area contributed by atoms with E-state index in [1.807, 2.05) is 6.92 Å². The van der Waals surface area contributed by atoms with Crippen molar-refractivity contribution in [2.24, 2.45) is 0 Å². The summed E-state index contributed by atoms with van der Waals surface area (Å²) in [6.45, 7) is 7.72. The Morgan fingerprint density at radius 3 is 2.58 bits per heavy atom. The molecule has 1 aromatic rings. The van der Waals surface area contributed by atoms with Crippen LogP contribution in [0.2, 0.25) is 0 Å². The van der Waals surface area contributed by atoms with Gasteiger partial charge in [0.25, 0.3) is 0 Å². The van der Waals surface area contributed by atoms with E-state index in [-0.39, 0.29) is 12.2 Å². The zero-order valence-corrected chi connectivity index (χ0v) is 12.5. The Labute approximate surface area is 119 Å². The Morgan fingerprint density at radius 2 is 1.95 bits per heavy atom. The average Bonchev–Trinajstić information content (AvgIpc) is 2.45. The van der Waals surface area contributed by atoms with Crippen molar-refractivity contribution in [2.75, 3.05) is 23.9 Å². The van der Waals surface area contributed by atoms with Gasteiger partial charge in [-0.1, -0.05) is 13.8 Å². The van der Waals surface area contributed by atoms with Gasteiger partial charge in [0, 0.05) is 13.1 Å². The molecule has 0 amide bonds. The smallest absolute Gasteiger partial charge is 0.245 e. The minimum absolute atomic E-state index is 0.0324. The molecule has 6 heteroatoms. The average molecular weight is 285 g/mol. The third-order valence-corrected chi connectivity index (χ3v) is 3.62. The number of aromatic nitrogens is 3. The first kappa shape index (κ1) is 14.5. The van der Waals surface area contributed by atoms with Crippen LogP contribution in [0, 0.1) is 0 Å². The van der Waals surface area contributed by atoms with Crippen LogP contribution < -0.4 is 4.90 Å². The van der Waals surface area contributed by atoms with Gasteiger partial charge < -0.3 is 9.64 Å². The number of alkyl halides is 1. The van der Waals surface area contributed by atoms with Gasteiger partial charge in [0.15, 0.2) is 0 Å². The van der Waals surface area contributed by atoms with Crippen LogP contribution in [-0.4, -0.2) is 46.4 Å². The topological polar surface area (TPSA) is 51.1 Å². The van der Waals surface area contributed by atoms with Gasteiger partial charge in [-0.3, -0.25) is 0 Å². The van der Waals surface area contributed by atoms with Gasteiger partial charge in [0.1, 0.15) is 0 Å². The molecule has 1 saturated heterocycles. The van der Waals surface area contributed by atoms with Gasteiger partial charge in [0.05, 0.1) is 29.5 Å². The fourth-order valence-corrected chi connectivity index (χ4v) is 2.53. The molecule has 2 atom stereocenters. The summed E-state index contributed by atoms with van der Waals surface area (Å²) in [4.78, 5) is 6.76. The van der Waals surface area contributed by atoms with Crippen LogP contribution in [0.4, 0.5) is 5.95 Å². The third-order valence-electron chi connectivity index (χ3n) is 3.28. The summed E-state index contributed by atoms with van der Waals surface area (Å²) in [5, 5.41) is 8.54. The first-order valence-corrected chi connectivity index (χ1v) is 7.40. The molecule has 2 heterocycles. The zero-order chi connectivity index (χ0) is 13.8. The van der Waals surface area contributed by atoms with Gasteiger partial charge in [-0.2, -0.15) is 5.10 Å². The van der Waals surface area contributed by atoms with Crippen molar-refractivity contribution in [1.82, 2.24) is 15.2 Å². The molecule has 19 heavy (non-hydrogen) atoms. The Balaban J connectivity index is 2.21. The van der Waals surface area contributed by atoms with Crippen LogP contribution >= 0.6 is 11.6 Å². The minimum Gasteiger partial charge on any atom is -0.370 e. The molecule has 0 N–H and O–H groups in total. The van der Waals surface area contributed by atoms with E-state index in [1.165, 1.54) is 0 Å². The molecule has 0 saturated carbocycles. The fraction of sp³-hybridized carbons (Fsp3) is 0.769. The van der Waals surface area contributed by atoms with Crippen molar-refractivity contribution in [3.63, 3.8) is 0 Å². The summed E-state index contributed by atoms with van der Waals surface area (Å²) in [5.41, 5.74) is 2.02. The number of aryl methyl sites for hydroxylation is 2. The zero-order valence-electron chi connectivity index (χ0n) is 11.8. The fourth-order valence-electron chi connectivity index (χ4n) is 2.36. The molecule has 0 aliphatic carbocycles. The summed E-state index contributed by atoms with van der Waals surface area (Å²) < 4.78 is 5.74. The molecule has 5 nitrogen and oxygen atoms in total. The van der Waals surface area contributed by atoms with Crippen molar-refractivity contribution in [1.29, 1.82) is 0 Å². The Morgan fingerprint density at radius 1 is 1.21 bits per heavy atom. The second-order valence-electron chi connectivity index (χ2n) is 4.84. The number of hydrogen-bond donors (Lipinski definition) is 0. The lowest BCUT2D eigenvalue weighted by molar-refractivity contribution is -0.00390. The highest BCUT2D eigenvalue weighted by Crippen LogP contribution is 2.18. The molecule has 106 valence electrons. The van der Waals surface area contributed by atoms with E-state index in [2.05, 4.69) is 33.9 Å². The van der Waals surface area contributed by atoms with E-state index in [9.17, 15) is 0 Å². The molecule has 2 rings (SSSR count). The first-order chi connectivity index (χ1) is 9.17. The van der Waals surface area contributed by atoms with Crippen molar-refractivity contribution < 1.29 is 4.74 Å². The molecule has 1 aromatic heterocycles. The lowest BCUT2D eigenvalue weighted by Crippen LogP contribution is -2.48. The van der Waals surface area contributed by atoms with Gasteiger partial charge in [-0.25, -0.2) is 4.98 Å².